The number of thiazole rings is 2. The number of hydrogen-bond donors (Lipinski definition) is 2. The van der Waals surface area contributed by atoms with E-state index in [0.29, 0.717) is 21.8 Å². The van der Waals surface area contributed by atoms with E-state index in [1.54, 1.807) is 24.3 Å². The lowest BCUT2D eigenvalue weighted by Gasteiger charge is -2.07. The zero-order chi connectivity index (χ0) is 32.6. The number of hydrogen-bond acceptors (Lipinski definition) is 9. The summed E-state index contributed by atoms with van der Waals surface area (Å²) in [5.41, 5.74) is 3.23. The standard InChI is InChI=1S/C34H24F2N4O3S4/c35-23-5-13-27(14-6-23)44-19-31(41)39-33-37-29(17-46-33)21-1-9-25(10-2-21)43-26-11-3-22(4-12-26)30-18-47-34(38-30)40-32(42)20-45-28-15-7-24(36)8-16-28/h1-18H,19-20H2,(H,37,39,41)(H,38,40,42). The van der Waals surface area contributed by atoms with Gasteiger partial charge in [-0.15, -0.1) is 46.2 Å². The van der Waals surface area contributed by atoms with Crippen LogP contribution in [0.15, 0.2) is 118 Å². The van der Waals surface area contributed by atoms with Gasteiger partial charge in [0.2, 0.25) is 11.8 Å². The van der Waals surface area contributed by atoms with Crippen molar-refractivity contribution in [1.82, 2.24) is 9.97 Å². The van der Waals surface area contributed by atoms with Crippen LogP contribution in [0.25, 0.3) is 22.5 Å². The molecule has 236 valence electrons. The van der Waals surface area contributed by atoms with Gasteiger partial charge in [0.15, 0.2) is 10.3 Å². The molecule has 0 aliphatic carbocycles. The number of thioether (sulfide) groups is 2. The molecule has 2 aromatic heterocycles. The van der Waals surface area contributed by atoms with E-state index in [1.807, 2.05) is 59.3 Å². The molecule has 0 spiro atoms. The molecular weight excluding hydrogens is 679 g/mol. The first kappa shape index (κ1) is 32.4. The molecule has 0 unspecified atom stereocenters. The van der Waals surface area contributed by atoms with E-state index in [2.05, 4.69) is 20.6 Å². The molecule has 0 saturated carbocycles. The van der Waals surface area contributed by atoms with E-state index in [9.17, 15) is 18.4 Å². The van der Waals surface area contributed by atoms with Crippen molar-refractivity contribution in [3.63, 3.8) is 0 Å². The third-order valence-electron chi connectivity index (χ3n) is 6.40. The van der Waals surface area contributed by atoms with Crippen LogP contribution in [-0.2, 0) is 9.59 Å². The summed E-state index contributed by atoms with van der Waals surface area (Å²) >= 11 is 5.33. The Balaban J connectivity index is 0.975. The number of aromatic nitrogens is 2. The topological polar surface area (TPSA) is 93.2 Å². The molecule has 0 saturated heterocycles. The average molecular weight is 703 g/mol. The second-order valence-electron chi connectivity index (χ2n) is 9.81. The number of rotatable bonds is 12. The highest BCUT2D eigenvalue weighted by molar-refractivity contribution is 8.00. The summed E-state index contributed by atoms with van der Waals surface area (Å²) in [4.78, 5) is 35.4. The molecular formula is C34H24F2N4O3S4. The maximum absolute atomic E-state index is 13.1. The van der Waals surface area contributed by atoms with Crippen molar-refractivity contribution in [3.8, 4) is 34.0 Å². The van der Waals surface area contributed by atoms with Gasteiger partial charge in [-0.05, 0) is 97.1 Å². The van der Waals surface area contributed by atoms with E-state index in [-0.39, 0.29) is 35.0 Å². The first-order valence-corrected chi connectivity index (χ1v) is 17.8. The van der Waals surface area contributed by atoms with Gasteiger partial charge >= 0.3 is 0 Å². The SMILES string of the molecule is O=C(CSc1ccc(F)cc1)Nc1nc(-c2ccc(Oc3ccc(-c4csc(NC(=O)CSc5ccc(F)cc5)n4)cc3)cc2)cs1. The summed E-state index contributed by atoms with van der Waals surface area (Å²) in [6, 6.07) is 27.0. The van der Waals surface area contributed by atoms with Gasteiger partial charge in [0.05, 0.1) is 22.9 Å². The van der Waals surface area contributed by atoms with Crippen molar-refractivity contribution in [1.29, 1.82) is 0 Å². The lowest BCUT2D eigenvalue weighted by molar-refractivity contribution is -0.114. The maximum atomic E-state index is 13.1. The van der Waals surface area contributed by atoms with Crippen LogP contribution in [0.1, 0.15) is 0 Å². The van der Waals surface area contributed by atoms with E-state index in [1.165, 1.54) is 70.5 Å². The van der Waals surface area contributed by atoms with Crippen LogP contribution < -0.4 is 15.4 Å². The first-order valence-electron chi connectivity index (χ1n) is 14.0. The van der Waals surface area contributed by atoms with Gasteiger partial charge in [0.25, 0.3) is 0 Å². The third-order valence-corrected chi connectivity index (χ3v) is 9.94. The number of nitrogens with zero attached hydrogens (tertiary/aromatic N) is 2. The number of amides is 2. The largest absolute Gasteiger partial charge is 0.457 e. The Kier molecular flexibility index (Phi) is 10.6. The smallest absolute Gasteiger partial charge is 0.236 e. The number of ether oxygens (including phenoxy) is 1. The average Bonchev–Trinajstić information content (AvgIpc) is 3.75. The number of carbonyl (C=O) groups is 2. The van der Waals surface area contributed by atoms with Gasteiger partial charge < -0.3 is 15.4 Å². The second-order valence-corrected chi connectivity index (χ2v) is 13.6. The number of anilines is 2. The molecule has 6 rings (SSSR count). The van der Waals surface area contributed by atoms with Crippen LogP contribution >= 0.6 is 46.2 Å². The first-order chi connectivity index (χ1) is 22.9. The molecule has 0 aliphatic rings. The molecule has 47 heavy (non-hydrogen) atoms. The quantitative estimate of drug-likeness (QED) is 0.123. The molecule has 0 fully saturated rings. The number of nitrogens with one attached hydrogen (secondary N) is 2. The predicted octanol–water partition coefficient (Wildman–Crippen LogP) is 9.47. The zero-order valence-corrected chi connectivity index (χ0v) is 27.6. The normalized spacial score (nSPS) is 10.9. The minimum Gasteiger partial charge on any atom is -0.457 e. The summed E-state index contributed by atoms with van der Waals surface area (Å²) in [6.07, 6.45) is 0. The van der Waals surface area contributed by atoms with Crippen molar-refractivity contribution in [2.24, 2.45) is 0 Å². The highest BCUT2D eigenvalue weighted by Gasteiger charge is 2.11. The molecule has 0 radical (unpaired) electrons. The van der Waals surface area contributed by atoms with Crippen LogP contribution in [0, 0.1) is 11.6 Å². The van der Waals surface area contributed by atoms with E-state index >= 15 is 0 Å². The lowest BCUT2D eigenvalue weighted by Crippen LogP contribution is -2.13. The Morgan fingerprint density at radius 1 is 0.596 bits per heavy atom. The molecule has 0 atom stereocenters. The van der Waals surface area contributed by atoms with Crippen molar-refractivity contribution in [3.05, 3.63) is 119 Å². The van der Waals surface area contributed by atoms with Crippen LogP contribution in [0.3, 0.4) is 0 Å². The molecule has 0 aliphatic heterocycles. The Labute approximate surface area is 285 Å². The predicted molar refractivity (Wildman–Crippen MR) is 187 cm³/mol. The van der Waals surface area contributed by atoms with Crippen molar-refractivity contribution >= 4 is 68.3 Å². The van der Waals surface area contributed by atoms with Crippen LogP contribution in [0.5, 0.6) is 11.5 Å². The highest BCUT2D eigenvalue weighted by atomic mass is 32.2. The molecule has 2 amide bonds. The minimum atomic E-state index is -0.313. The van der Waals surface area contributed by atoms with Crippen LogP contribution in [-0.4, -0.2) is 33.3 Å². The molecule has 0 bridgehead atoms. The fraction of sp³-hybridized carbons (Fsp3) is 0.0588. The molecule has 7 nitrogen and oxygen atoms in total. The summed E-state index contributed by atoms with van der Waals surface area (Å²) in [6.45, 7) is 0. The summed E-state index contributed by atoms with van der Waals surface area (Å²) in [5.74, 6) is 0.686. The molecule has 4 aromatic carbocycles. The summed E-state index contributed by atoms with van der Waals surface area (Å²) < 4.78 is 32.2. The monoisotopic (exact) mass is 702 g/mol. The van der Waals surface area contributed by atoms with Crippen LogP contribution in [0.2, 0.25) is 0 Å². The van der Waals surface area contributed by atoms with Crippen molar-refractivity contribution in [2.45, 2.75) is 9.79 Å². The Morgan fingerprint density at radius 2 is 0.979 bits per heavy atom. The van der Waals surface area contributed by atoms with E-state index in [4.69, 9.17) is 4.74 Å². The van der Waals surface area contributed by atoms with E-state index in [0.717, 1.165) is 32.3 Å². The molecule has 13 heteroatoms. The van der Waals surface area contributed by atoms with Crippen LogP contribution in [0.4, 0.5) is 19.0 Å². The number of benzene rings is 4. The fourth-order valence-electron chi connectivity index (χ4n) is 4.12. The number of halogens is 2. The van der Waals surface area contributed by atoms with Gasteiger partial charge in [-0.1, -0.05) is 0 Å². The highest BCUT2D eigenvalue weighted by Crippen LogP contribution is 2.31. The van der Waals surface area contributed by atoms with Gasteiger partial charge in [-0.3, -0.25) is 9.59 Å². The summed E-state index contributed by atoms with van der Waals surface area (Å²) in [7, 11) is 0. The third kappa shape index (κ3) is 9.26. The van der Waals surface area contributed by atoms with Crippen molar-refractivity contribution < 1.29 is 23.1 Å². The Bertz CT molecular complexity index is 1820. The van der Waals surface area contributed by atoms with Gasteiger partial charge in [0.1, 0.15) is 23.1 Å². The van der Waals surface area contributed by atoms with E-state index < -0.39 is 0 Å². The van der Waals surface area contributed by atoms with Gasteiger partial charge in [-0.25, -0.2) is 18.7 Å². The zero-order valence-electron chi connectivity index (χ0n) is 24.3. The second kappa shape index (κ2) is 15.4. The number of carbonyl (C=O) groups excluding carboxylic acids is 2. The lowest BCUT2D eigenvalue weighted by atomic mass is 10.1. The van der Waals surface area contributed by atoms with Gasteiger partial charge in [0, 0.05) is 31.7 Å². The minimum absolute atomic E-state index is 0.189. The molecule has 2 N–H and O–H groups in total. The van der Waals surface area contributed by atoms with Crippen molar-refractivity contribution in [2.75, 3.05) is 22.1 Å². The fourth-order valence-corrected chi connectivity index (χ4v) is 6.99. The Hall–Kier alpha value is -4.56. The summed E-state index contributed by atoms with van der Waals surface area (Å²) in [5, 5.41) is 10.4. The Morgan fingerprint density at radius 3 is 1.36 bits per heavy atom. The molecule has 6 aromatic rings. The van der Waals surface area contributed by atoms with Gasteiger partial charge in [-0.2, -0.15) is 0 Å². The molecule has 2 heterocycles. The maximum Gasteiger partial charge on any atom is 0.236 e.